The third-order valence-corrected chi connectivity index (χ3v) is 5.88. The molecule has 0 bridgehead atoms. The average Bonchev–Trinajstić information content (AvgIpc) is 2.96. The number of rotatable bonds is 6. The van der Waals surface area contributed by atoms with Crippen molar-refractivity contribution < 1.29 is 19.1 Å². The Labute approximate surface area is 187 Å². The molecule has 0 saturated carbocycles. The van der Waals surface area contributed by atoms with Gasteiger partial charge in [-0.05, 0) is 70.6 Å². The van der Waals surface area contributed by atoms with Crippen LogP contribution in [0.4, 0.5) is 4.79 Å². The van der Waals surface area contributed by atoms with Crippen LogP contribution >= 0.6 is 34.4 Å². The van der Waals surface area contributed by atoms with Gasteiger partial charge in [-0.1, -0.05) is 35.7 Å². The first-order valence-electron chi connectivity index (χ1n) is 8.67. The minimum absolute atomic E-state index is 0.0331. The smallest absolute Gasteiger partial charge is 0.294 e. The van der Waals surface area contributed by atoms with Gasteiger partial charge in [0.1, 0.15) is 6.61 Å². The number of thioether (sulfide) groups is 1. The summed E-state index contributed by atoms with van der Waals surface area (Å²) in [5.41, 5.74) is 2.98. The number of amides is 2. The molecule has 0 N–H and O–H groups in total. The van der Waals surface area contributed by atoms with Gasteiger partial charge in [0.15, 0.2) is 11.5 Å². The number of ether oxygens (including phenoxy) is 2. The topological polar surface area (TPSA) is 55.8 Å². The predicted molar refractivity (Wildman–Crippen MR) is 123 cm³/mol. The first-order valence-corrected chi connectivity index (χ1v) is 10.6. The molecule has 29 heavy (non-hydrogen) atoms. The Bertz CT molecular complexity index is 1020. The monoisotopic (exact) mass is 519 g/mol. The van der Waals surface area contributed by atoms with Crippen LogP contribution in [0, 0.1) is 22.8 Å². The lowest BCUT2D eigenvalue weighted by Crippen LogP contribution is -2.28. The van der Waals surface area contributed by atoms with Crippen molar-refractivity contribution in [2.24, 2.45) is 0 Å². The van der Waals surface area contributed by atoms with Crippen molar-refractivity contribution >= 4 is 51.6 Å². The summed E-state index contributed by atoms with van der Waals surface area (Å²) in [6.45, 7) is 2.42. The van der Waals surface area contributed by atoms with E-state index in [2.05, 4.69) is 28.5 Å². The maximum atomic E-state index is 12.4. The van der Waals surface area contributed by atoms with Crippen molar-refractivity contribution in [3.05, 3.63) is 61.6 Å². The van der Waals surface area contributed by atoms with E-state index >= 15 is 0 Å². The lowest BCUT2D eigenvalue weighted by Gasteiger charge is -2.14. The summed E-state index contributed by atoms with van der Waals surface area (Å²) in [7, 11) is 1.56. The maximum Gasteiger partial charge on any atom is 0.294 e. The third-order valence-electron chi connectivity index (χ3n) is 4.18. The fourth-order valence-corrected chi connectivity index (χ4v) is 4.30. The summed E-state index contributed by atoms with van der Waals surface area (Å²) in [4.78, 5) is 25.7. The van der Waals surface area contributed by atoms with Crippen LogP contribution in [0.15, 0.2) is 41.3 Å². The van der Waals surface area contributed by atoms with Crippen LogP contribution in [0.3, 0.4) is 0 Å². The fourth-order valence-electron chi connectivity index (χ4n) is 2.68. The first-order chi connectivity index (χ1) is 13.9. The molecule has 0 spiro atoms. The van der Waals surface area contributed by atoms with Gasteiger partial charge in [-0.3, -0.25) is 14.5 Å². The van der Waals surface area contributed by atoms with Crippen LogP contribution in [0.2, 0.25) is 0 Å². The number of hydrogen-bond acceptors (Lipinski definition) is 5. The van der Waals surface area contributed by atoms with Crippen molar-refractivity contribution in [2.45, 2.75) is 13.5 Å². The highest BCUT2D eigenvalue weighted by Gasteiger charge is 2.34. The zero-order valence-electron chi connectivity index (χ0n) is 15.9. The summed E-state index contributed by atoms with van der Waals surface area (Å²) < 4.78 is 12.3. The summed E-state index contributed by atoms with van der Waals surface area (Å²) in [6, 6.07) is 11.8. The zero-order chi connectivity index (χ0) is 21.0. The van der Waals surface area contributed by atoms with Gasteiger partial charge < -0.3 is 9.47 Å². The molecule has 7 heteroatoms. The lowest BCUT2D eigenvalue weighted by molar-refractivity contribution is -0.122. The second-order valence-electron chi connectivity index (χ2n) is 6.28. The van der Waals surface area contributed by atoms with Crippen molar-refractivity contribution in [3.63, 3.8) is 0 Å². The van der Waals surface area contributed by atoms with Crippen LogP contribution in [0.25, 0.3) is 6.08 Å². The Morgan fingerprint density at radius 3 is 2.62 bits per heavy atom. The number of nitrogens with zero attached hydrogens (tertiary/aromatic N) is 1. The Hall–Kier alpha value is -2.44. The molecule has 0 aromatic heterocycles. The second kappa shape index (κ2) is 9.37. The maximum absolute atomic E-state index is 12.4. The third kappa shape index (κ3) is 4.95. The minimum atomic E-state index is -0.383. The standard InChI is InChI=1S/C22H18INO4S/c1-4-9-24-21(25)19(29-22(24)26)12-16-10-17(23)20(18(11-16)27-3)28-13-15-7-5-14(2)6-8-15/h1,5-8,10-12H,9,13H2,2-3H3/b19-12+. The number of halogens is 1. The van der Waals surface area contributed by atoms with E-state index in [1.54, 1.807) is 19.3 Å². The molecule has 2 aromatic carbocycles. The van der Waals surface area contributed by atoms with Gasteiger partial charge in [-0.25, -0.2) is 0 Å². The van der Waals surface area contributed by atoms with Crippen molar-refractivity contribution in [1.29, 1.82) is 0 Å². The van der Waals surface area contributed by atoms with Gasteiger partial charge in [-0.15, -0.1) is 6.42 Å². The molecule has 1 aliphatic rings. The number of terminal acetylenes is 1. The van der Waals surface area contributed by atoms with E-state index in [4.69, 9.17) is 15.9 Å². The highest BCUT2D eigenvalue weighted by molar-refractivity contribution is 14.1. The van der Waals surface area contributed by atoms with Gasteiger partial charge >= 0.3 is 0 Å². The Balaban J connectivity index is 1.83. The van der Waals surface area contributed by atoms with Crippen LogP contribution < -0.4 is 9.47 Å². The molecular weight excluding hydrogens is 501 g/mol. The number of imide groups is 1. The van der Waals surface area contributed by atoms with Gasteiger partial charge in [0.25, 0.3) is 11.1 Å². The molecule has 0 aliphatic carbocycles. The largest absolute Gasteiger partial charge is 0.493 e. The van der Waals surface area contributed by atoms with Gasteiger partial charge in [-0.2, -0.15) is 0 Å². The van der Waals surface area contributed by atoms with E-state index in [0.717, 1.165) is 31.4 Å². The minimum Gasteiger partial charge on any atom is -0.493 e. The molecule has 1 heterocycles. The molecule has 148 valence electrons. The molecule has 1 saturated heterocycles. The Morgan fingerprint density at radius 2 is 1.97 bits per heavy atom. The van der Waals surface area contributed by atoms with Gasteiger partial charge in [0.05, 0.1) is 22.1 Å². The van der Waals surface area contributed by atoms with E-state index in [9.17, 15) is 9.59 Å². The lowest BCUT2D eigenvalue weighted by atomic mass is 10.1. The first kappa shape index (κ1) is 21.3. The Kier molecular flexibility index (Phi) is 6.87. The van der Waals surface area contributed by atoms with Crippen LogP contribution in [0.5, 0.6) is 11.5 Å². The van der Waals surface area contributed by atoms with Crippen molar-refractivity contribution in [1.82, 2.24) is 4.90 Å². The molecular formula is C22H18INO4S. The summed E-state index contributed by atoms with van der Waals surface area (Å²) >= 11 is 3.04. The SMILES string of the molecule is C#CCN1C(=O)S/C(=C/c2cc(I)c(OCc3ccc(C)cc3)c(OC)c2)C1=O. The number of carbonyl (C=O) groups excluding carboxylic acids is 2. The van der Waals surface area contributed by atoms with E-state index in [-0.39, 0.29) is 17.7 Å². The van der Waals surface area contributed by atoms with Crippen molar-refractivity contribution in [3.8, 4) is 23.8 Å². The molecule has 3 rings (SSSR count). The highest BCUT2D eigenvalue weighted by atomic mass is 127. The molecule has 0 radical (unpaired) electrons. The van der Waals surface area contributed by atoms with E-state index in [1.165, 1.54) is 5.56 Å². The molecule has 2 aromatic rings. The average molecular weight is 519 g/mol. The number of benzene rings is 2. The Morgan fingerprint density at radius 1 is 1.24 bits per heavy atom. The van der Waals surface area contributed by atoms with E-state index in [0.29, 0.717) is 23.0 Å². The van der Waals surface area contributed by atoms with E-state index < -0.39 is 0 Å². The van der Waals surface area contributed by atoms with E-state index in [1.807, 2.05) is 37.3 Å². The number of hydrogen-bond donors (Lipinski definition) is 0. The normalized spacial score (nSPS) is 15.0. The van der Waals surface area contributed by atoms with Gasteiger partial charge in [0, 0.05) is 0 Å². The number of carbonyl (C=O) groups is 2. The summed E-state index contributed by atoms with van der Waals surface area (Å²) in [6.07, 6.45) is 6.89. The van der Waals surface area contributed by atoms with Crippen molar-refractivity contribution in [2.75, 3.05) is 13.7 Å². The molecule has 5 nitrogen and oxygen atoms in total. The number of methoxy groups -OCH3 is 1. The van der Waals surface area contributed by atoms with Gasteiger partial charge in [0.2, 0.25) is 0 Å². The second-order valence-corrected chi connectivity index (χ2v) is 8.44. The predicted octanol–water partition coefficient (Wildman–Crippen LogP) is 4.86. The molecule has 0 atom stereocenters. The molecule has 1 aliphatic heterocycles. The molecule has 0 unspecified atom stereocenters. The van der Waals surface area contributed by atoms with Crippen LogP contribution in [0.1, 0.15) is 16.7 Å². The molecule has 2 amide bonds. The zero-order valence-corrected chi connectivity index (χ0v) is 18.9. The number of aryl methyl sites for hydroxylation is 1. The summed E-state index contributed by atoms with van der Waals surface area (Å²) in [5.74, 6) is 3.13. The fraction of sp³-hybridized carbons (Fsp3) is 0.182. The summed E-state index contributed by atoms with van der Waals surface area (Å²) in [5, 5.41) is -0.362. The van der Waals surface area contributed by atoms with Crippen LogP contribution in [-0.2, 0) is 11.4 Å². The quantitative estimate of drug-likeness (QED) is 0.310. The van der Waals surface area contributed by atoms with Crippen LogP contribution in [-0.4, -0.2) is 29.7 Å². The molecule has 1 fully saturated rings. The highest BCUT2D eigenvalue weighted by Crippen LogP contribution is 2.37.